The zero-order chi connectivity index (χ0) is 34.1. The molecule has 0 fully saturated rings. The number of benzene rings is 4. The summed E-state index contributed by atoms with van der Waals surface area (Å²) in [4.78, 5) is -2.94. The smallest absolute Gasteiger partial charge is 0.301 e. The van der Waals surface area contributed by atoms with Gasteiger partial charge < -0.3 is 5.53 Å². The zero-order valence-electron chi connectivity index (χ0n) is 23.0. The molecule has 240 valence electrons. The Morgan fingerprint density at radius 2 is 0.739 bits per heavy atom. The van der Waals surface area contributed by atoms with E-state index in [0.29, 0.717) is 0 Å². The first kappa shape index (κ1) is 34.5. The standard InChI is InChI=1S/C28H22N2O12S4/c29-30(23-11-5-9-21(27(23)45(37,38)39)17-15-19-7-1-3-13-25(19)43(31,32)33)24-12-6-10-22(28(24)46(40,41)42)18-16-20-8-2-4-14-26(20)44(34,35)36/h1-18H,(H,31,32,33)(H,34,35,36)(H,37,38,39)(H,40,41,42). The second-order valence-corrected chi connectivity index (χ2v) is 14.8. The van der Waals surface area contributed by atoms with E-state index in [1.54, 1.807) is 0 Å². The summed E-state index contributed by atoms with van der Waals surface area (Å²) < 4.78 is 137. The lowest BCUT2D eigenvalue weighted by Crippen LogP contribution is -2.12. The summed E-state index contributed by atoms with van der Waals surface area (Å²) in [7, 11) is -19.8. The number of rotatable bonds is 10. The molecule has 0 spiro atoms. The highest BCUT2D eigenvalue weighted by molar-refractivity contribution is 7.86. The molecule has 0 atom stereocenters. The highest BCUT2D eigenvalue weighted by atomic mass is 32.2. The molecular formula is C28H22N2O12S4. The highest BCUT2D eigenvalue weighted by Crippen LogP contribution is 2.36. The SMILES string of the molecule is [N-]=[N+](c1cccc(C=Cc2ccccc2S(=O)(=O)O)c1S(=O)(=O)O)c1cccc(C=Cc2ccccc2S(=O)(=O)O)c1S(=O)(=O)O. The molecule has 0 aliphatic heterocycles. The van der Waals surface area contributed by atoms with Crippen molar-refractivity contribution in [2.75, 3.05) is 0 Å². The second-order valence-electron chi connectivity index (χ2n) is 9.35. The van der Waals surface area contributed by atoms with E-state index in [2.05, 4.69) is 0 Å². The average Bonchev–Trinajstić information content (AvgIpc) is 2.96. The van der Waals surface area contributed by atoms with Crippen molar-refractivity contribution in [1.29, 1.82) is 0 Å². The molecule has 4 N–H and O–H groups in total. The fourth-order valence-corrected chi connectivity index (χ4v) is 7.51. The van der Waals surface area contributed by atoms with Crippen LogP contribution in [0.1, 0.15) is 22.3 Å². The Hall–Kier alpha value is -4.40. The van der Waals surface area contributed by atoms with E-state index in [0.717, 1.165) is 48.6 Å². The minimum absolute atomic E-state index is 0.0683. The van der Waals surface area contributed by atoms with Gasteiger partial charge in [0.1, 0.15) is 9.79 Å². The van der Waals surface area contributed by atoms with Crippen molar-refractivity contribution < 1.29 is 51.9 Å². The summed E-state index contributed by atoms with van der Waals surface area (Å²) in [5.41, 5.74) is 9.06. The van der Waals surface area contributed by atoms with Gasteiger partial charge in [0.15, 0.2) is 9.79 Å². The quantitative estimate of drug-likeness (QED) is 0.0747. The molecule has 0 aliphatic carbocycles. The summed E-state index contributed by atoms with van der Waals surface area (Å²) in [5, 5.41) is 0. The number of hydrogen-bond acceptors (Lipinski definition) is 8. The lowest BCUT2D eigenvalue weighted by molar-refractivity contribution is 0.480. The van der Waals surface area contributed by atoms with Crippen LogP contribution in [-0.2, 0) is 40.5 Å². The van der Waals surface area contributed by atoms with Gasteiger partial charge in [-0.25, -0.2) is 4.70 Å². The van der Waals surface area contributed by atoms with E-state index in [1.807, 2.05) is 0 Å². The molecule has 46 heavy (non-hydrogen) atoms. The summed E-state index contributed by atoms with van der Waals surface area (Å²) in [5.74, 6) is 0. The molecule has 0 aromatic heterocycles. The molecule has 4 rings (SSSR count). The molecule has 0 bridgehead atoms. The van der Waals surface area contributed by atoms with Gasteiger partial charge in [0, 0.05) is 23.3 Å². The Labute approximate surface area is 264 Å². The Balaban J connectivity index is 1.90. The topological polar surface area (TPSA) is 243 Å². The van der Waals surface area contributed by atoms with E-state index >= 15 is 0 Å². The predicted octanol–water partition coefficient (Wildman–Crippen LogP) is 4.87. The molecule has 0 saturated carbocycles. The van der Waals surface area contributed by atoms with Crippen molar-refractivity contribution in [3.63, 3.8) is 0 Å². The predicted molar refractivity (Wildman–Crippen MR) is 168 cm³/mol. The minimum Gasteiger partial charge on any atom is -0.493 e. The monoisotopic (exact) mass is 706 g/mol. The van der Waals surface area contributed by atoms with Gasteiger partial charge in [0.25, 0.3) is 20.2 Å². The molecule has 14 nitrogen and oxygen atoms in total. The van der Waals surface area contributed by atoms with Crippen LogP contribution in [0.15, 0.2) is 105 Å². The van der Waals surface area contributed by atoms with Gasteiger partial charge in [-0.05, 0) is 23.3 Å². The number of hydrogen-bond donors (Lipinski definition) is 4. The Kier molecular flexibility index (Phi) is 9.57. The molecule has 4 aromatic carbocycles. The van der Waals surface area contributed by atoms with Crippen LogP contribution in [0.5, 0.6) is 0 Å². The van der Waals surface area contributed by atoms with Crippen LogP contribution in [0.25, 0.3) is 29.8 Å². The van der Waals surface area contributed by atoms with Crippen molar-refractivity contribution >= 4 is 76.2 Å². The maximum atomic E-state index is 12.6. The Bertz CT molecular complexity index is 2220. The van der Waals surface area contributed by atoms with Crippen LogP contribution in [0, 0.1) is 0 Å². The van der Waals surface area contributed by atoms with Gasteiger partial charge in [0.2, 0.25) is 11.4 Å². The third-order valence-electron chi connectivity index (χ3n) is 6.30. The summed E-state index contributed by atoms with van der Waals surface area (Å²) in [6.07, 6.45) is 4.33. The van der Waals surface area contributed by atoms with Crippen molar-refractivity contribution in [1.82, 2.24) is 4.70 Å². The maximum Gasteiger partial charge on any atom is 0.301 e. The van der Waals surface area contributed by atoms with E-state index in [9.17, 15) is 57.4 Å². The summed E-state index contributed by atoms with van der Waals surface area (Å²) in [6.45, 7) is 0. The van der Waals surface area contributed by atoms with Crippen LogP contribution in [0.3, 0.4) is 0 Å². The minimum atomic E-state index is -5.21. The van der Waals surface area contributed by atoms with Gasteiger partial charge in [-0.1, -0.05) is 85.0 Å². The first-order valence-corrected chi connectivity index (χ1v) is 18.3. The van der Waals surface area contributed by atoms with Gasteiger partial charge in [0.05, 0.1) is 0 Å². The average molecular weight is 707 g/mol. The van der Waals surface area contributed by atoms with Crippen molar-refractivity contribution in [2.24, 2.45) is 0 Å². The third kappa shape index (κ3) is 7.69. The molecular weight excluding hydrogens is 685 g/mol. The maximum absolute atomic E-state index is 12.6. The van der Waals surface area contributed by atoms with E-state index in [4.69, 9.17) is 0 Å². The molecule has 0 radical (unpaired) electrons. The van der Waals surface area contributed by atoms with E-state index in [1.165, 1.54) is 60.7 Å². The van der Waals surface area contributed by atoms with Crippen molar-refractivity contribution in [3.8, 4) is 0 Å². The van der Waals surface area contributed by atoms with Crippen LogP contribution in [0.2, 0.25) is 0 Å². The highest BCUT2D eigenvalue weighted by Gasteiger charge is 2.31. The van der Waals surface area contributed by atoms with Gasteiger partial charge in [-0.15, -0.1) is 0 Å². The molecule has 0 heterocycles. The van der Waals surface area contributed by atoms with Crippen molar-refractivity contribution in [3.05, 3.63) is 113 Å². The van der Waals surface area contributed by atoms with Crippen LogP contribution >= 0.6 is 0 Å². The summed E-state index contributed by atoms with van der Waals surface area (Å²) in [6, 6.07) is 17.0. The number of nitrogens with zero attached hydrogens (tertiary/aromatic N) is 2. The lowest BCUT2D eigenvalue weighted by Gasteiger charge is -2.14. The van der Waals surface area contributed by atoms with E-state index in [-0.39, 0.29) is 27.0 Å². The largest absolute Gasteiger partial charge is 0.493 e. The fourth-order valence-electron chi connectivity index (χ4n) is 4.44. The molecule has 0 saturated heterocycles. The third-order valence-corrected chi connectivity index (χ3v) is 10.1. The van der Waals surface area contributed by atoms with Crippen molar-refractivity contribution in [2.45, 2.75) is 19.6 Å². The van der Waals surface area contributed by atoms with Gasteiger partial charge >= 0.3 is 20.2 Å². The Morgan fingerprint density at radius 3 is 1.07 bits per heavy atom. The first-order valence-electron chi connectivity index (χ1n) is 12.5. The molecule has 18 heteroatoms. The van der Waals surface area contributed by atoms with Gasteiger partial charge in [-0.2, -0.15) is 33.7 Å². The Morgan fingerprint density at radius 1 is 0.435 bits per heavy atom. The zero-order valence-corrected chi connectivity index (χ0v) is 26.2. The van der Waals surface area contributed by atoms with E-state index < -0.39 is 71.4 Å². The second kappa shape index (κ2) is 12.8. The fraction of sp³-hybridized carbons (Fsp3) is 0. The molecule has 0 amide bonds. The van der Waals surface area contributed by atoms with Gasteiger partial charge in [-0.3, -0.25) is 18.2 Å². The normalized spacial score (nSPS) is 13.0. The lowest BCUT2D eigenvalue weighted by atomic mass is 10.1. The van der Waals surface area contributed by atoms with Crippen LogP contribution < -0.4 is 4.70 Å². The first-order chi connectivity index (χ1) is 21.3. The van der Waals surface area contributed by atoms with Crippen LogP contribution in [0.4, 0.5) is 11.4 Å². The molecule has 0 unspecified atom stereocenters. The summed E-state index contributed by atoms with van der Waals surface area (Å²) >= 11 is 0. The van der Waals surface area contributed by atoms with Crippen LogP contribution in [-0.4, -0.2) is 51.9 Å². The molecule has 0 aliphatic rings. The molecule has 4 aromatic rings.